The third kappa shape index (κ3) is 6.55. The number of ether oxygens (including phenoxy) is 1. The zero-order valence-electron chi connectivity index (χ0n) is 33.9. The van der Waals surface area contributed by atoms with Gasteiger partial charge < -0.3 is 14.5 Å². The molecule has 1 aromatic heterocycles. The molecular formula is C47H37ClFN7O6. The SMILES string of the molecule is CC1(C)C(Oc2ccc(C#N)c(Cl)c2)C(C)(C)C1N1Cc2cc(C#Cc3cnn(C4=CN(c5cc6c(cc5F)C(=O)N(C5CCC(=O)NC5=O)C6=O)C=CC=C4)c3)ccc2C1=O. The van der Waals surface area contributed by atoms with Crippen LogP contribution in [0.1, 0.15) is 93.9 Å². The van der Waals surface area contributed by atoms with E-state index in [1.54, 1.807) is 65.9 Å². The number of hydrogen-bond donors (Lipinski definition) is 1. The van der Waals surface area contributed by atoms with E-state index in [9.17, 15) is 29.2 Å². The van der Waals surface area contributed by atoms with E-state index in [0.29, 0.717) is 39.7 Å². The molecule has 1 aliphatic carbocycles. The molecule has 310 valence electrons. The molecule has 0 bridgehead atoms. The number of allylic oxidation sites excluding steroid dienone is 4. The lowest BCUT2D eigenvalue weighted by atomic mass is 9.49. The third-order valence-corrected chi connectivity index (χ3v) is 12.5. The zero-order valence-corrected chi connectivity index (χ0v) is 34.7. The van der Waals surface area contributed by atoms with E-state index in [-0.39, 0.29) is 47.7 Å². The Hall–Kier alpha value is -7.29. The molecule has 1 saturated carbocycles. The molecule has 0 radical (unpaired) electrons. The van der Waals surface area contributed by atoms with E-state index < -0.39 is 46.3 Å². The molecule has 9 rings (SSSR count). The Kier molecular flexibility index (Phi) is 9.52. The monoisotopic (exact) mass is 849 g/mol. The van der Waals surface area contributed by atoms with Crippen molar-refractivity contribution in [1.82, 2.24) is 24.9 Å². The summed E-state index contributed by atoms with van der Waals surface area (Å²) in [6, 6.07) is 13.6. The van der Waals surface area contributed by atoms with Gasteiger partial charge in [-0.15, -0.1) is 0 Å². The molecule has 3 aromatic carbocycles. The number of fused-ring (bicyclic) bond motifs is 2. The van der Waals surface area contributed by atoms with E-state index in [0.717, 1.165) is 22.1 Å². The summed E-state index contributed by atoms with van der Waals surface area (Å²) in [5.41, 5.74) is 2.67. The molecule has 5 heterocycles. The first-order valence-corrected chi connectivity index (χ1v) is 20.2. The molecule has 15 heteroatoms. The van der Waals surface area contributed by atoms with Crippen molar-refractivity contribution in [2.75, 3.05) is 4.90 Å². The standard InChI is InChI=1S/C47H37ClFN7O6/c1-46(2)44(47(3,4)45(46)62-31-12-11-28(21-50)35(48)18-31)54-24-29-17-26(10-13-32(29)41(54)59)8-9-27-22-51-55(23-27)30-7-5-6-16-53(25-30)38-20-34-33(19-36(38)49)42(60)56(43(34)61)37-14-15-39(57)52-40(37)58/h5-7,10-13,16-20,22-23,25,37,44-45H,14-15,24H2,1-4H3,(H,52,57,58). The summed E-state index contributed by atoms with van der Waals surface area (Å²) in [4.78, 5) is 68.9. The number of carbonyl (C=O) groups excluding carboxylic acids is 5. The van der Waals surface area contributed by atoms with Gasteiger partial charge in [-0.2, -0.15) is 10.4 Å². The number of piperidine rings is 1. The van der Waals surface area contributed by atoms with E-state index in [4.69, 9.17) is 16.3 Å². The first-order chi connectivity index (χ1) is 29.6. The Labute approximate surface area is 360 Å². The van der Waals surface area contributed by atoms with E-state index in [1.165, 1.54) is 11.0 Å². The summed E-state index contributed by atoms with van der Waals surface area (Å²) in [5, 5.41) is 16.2. The molecule has 62 heavy (non-hydrogen) atoms. The fourth-order valence-corrected chi connectivity index (χ4v) is 10.0. The van der Waals surface area contributed by atoms with Crippen molar-refractivity contribution in [2.24, 2.45) is 10.8 Å². The molecule has 13 nitrogen and oxygen atoms in total. The molecule has 1 atom stereocenters. The van der Waals surface area contributed by atoms with Gasteiger partial charge in [0.15, 0.2) is 0 Å². The molecule has 1 saturated heterocycles. The van der Waals surface area contributed by atoms with Crippen molar-refractivity contribution >= 4 is 52.5 Å². The van der Waals surface area contributed by atoms with Crippen LogP contribution in [0.4, 0.5) is 10.1 Å². The first kappa shape index (κ1) is 40.1. The van der Waals surface area contributed by atoms with Crippen molar-refractivity contribution in [2.45, 2.75) is 65.3 Å². The summed E-state index contributed by atoms with van der Waals surface area (Å²) in [6.45, 7) is 8.80. The van der Waals surface area contributed by atoms with Crippen LogP contribution in [0, 0.1) is 39.8 Å². The lowest BCUT2D eigenvalue weighted by Crippen LogP contribution is -2.74. The van der Waals surface area contributed by atoms with Gasteiger partial charge in [0.25, 0.3) is 17.7 Å². The number of carbonyl (C=O) groups is 5. The van der Waals surface area contributed by atoms with Gasteiger partial charge in [0.05, 0.1) is 44.9 Å². The minimum Gasteiger partial charge on any atom is -0.489 e. The Bertz CT molecular complexity index is 2880. The number of nitrogens with zero attached hydrogens (tertiary/aromatic N) is 6. The van der Waals surface area contributed by atoms with Crippen molar-refractivity contribution in [3.05, 3.63) is 141 Å². The maximum absolute atomic E-state index is 15.7. The molecular weight excluding hydrogens is 813 g/mol. The van der Waals surface area contributed by atoms with Gasteiger partial charge in [0.2, 0.25) is 11.8 Å². The summed E-state index contributed by atoms with van der Waals surface area (Å²) in [6.07, 6.45) is 11.4. The van der Waals surface area contributed by atoms with Crippen LogP contribution >= 0.6 is 11.6 Å². The smallest absolute Gasteiger partial charge is 0.262 e. The van der Waals surface area contributed by atoms with Crippen LogP contribution in [0.5, 0.6) is 5.75 Å². The highest BCUT2D eigenvalue weighted by molar-refractivity contribution is 6.31. The van der Waals surface area contributed by atoms with Crippen LogP contribution in [-0.2, 0) is 16.1 Å². The number of imide groups is 2. The normalized spacial score (nSPS) is 22.0. The minimum absolute atomic E-state index is 0.0145. The quantitative estimate of drug-likeness (QED) is 0.167. The molecule has 4 aliphatic heterocycles. The largest absolute Gasteiger partial charge is 0.489 e. The van der Waals surface area contributed by atoms with Crippen LogP contribution in [0.3, 0.4) is 0 Å². The lowest BCUT2D eigenvalue weighted by Gasteiger charge is -2.65. The average Bonchev–Trinajstić information content (AvgIpc) is 3.82. The predicted octanol–water partition coefficient (Wildman–Crippen LogP) is 6.57. The van der Waals surface area contributed by atoms with Gasteiger partial charge in [-0.1, -0.05) is 57.2 Å². The molecule has 4 aromatic rings. The highest BCUT2D eigenvalue weighted by atomic mass is 35.5. The van der Waals surface area contributed by atoms with Gasteiger partial charge in [0.1, 0.15) is 29.8 Å². The maximum atomic E-state index is 15.7. The molecule has 1 N–H and O–H groups in total. The third-order valence-electron chi connectivity index (χ3n) is 12.2. The zero-order chi connectivity index (χ0) is 43.8. The number of nitriles is 1. The second-order valence-electron chi connectivity index (χ2n) is 17.0. The number of aromatic nitrogens is 2. The van der Waals surface area contributed by atoms with Crippen molar-refractivity contribution in [3.8, 4) is 23.7 Å². The second kappa shape index (κ2) is 14.7. The predicted molar refractivity (Wildman–Crippen MR) is 225 cm³/mol. The number of halogens is 2. The van der Waals surface area contributed by atoms with Crippen molar-refractivity contribution in [3.63, 3.8) is 0 Å². The van der Waals surface area contributed by atoms with Crippen LogP contribution in [0.2, 0.25) is 5.02 Å². The number of benzene rings is 3. The number of hydrogen-bond acceptors (Lipinski definition) is 9. The highest BCUT2D eigenvalue weighted by Gasteiger charge is 2.67. The highest BCUT2D eigenvalue weighted by Crippen LogP contribution is 2.59. The van der Waals surface area contributed by atoms with Gasteiger partial charge >= 0.3 is 0 Å². The summed E-state index contributed by atoms with van der Waals surface area (Å²) < 4.78 is 23.7. The van der Waals surface area contributed by atoms with Crippen LogP contribution in [0.25, 0.3) is 5.70 Å². The topological polar surface area (TPSA) is 158 Å². The van der Waals surface area contributed by atoms with Crippen LogP contribution < -0.4 is 15.0 Å². The summed E-state index contributed by atoms with van der Waals surface area (Å²) >= 11 is 6.28. The van der Waals surface area contributed by atoms with Gasteiger partial charge in [0, 0.05) is 65.6 Å². The number of rotatable bonds is 6. The Balaban J connectivity index is 0.900. The summed E-state index contributed by atoms with van der Waals surface area (Å²) in [5.74, 6) is 3.30. The maximum Gasteiger partial charge on any atom is 0.262 e. The fourth-order valence-electron chi connectivity index (χ4n) is 9.80. The first-order valence-electron chi connectivity index (χ1n) is 19.8. The van der Waals surface area contributed by atoms with E-state index >= 15 is 4.39 Å². The Morgan fingerprint density at radius 3 is 2.37 bits per heavy atom. The molecule has 5 aliphatic rings. The average molecular weight is 850 g/mol. The molecule has 2 fully saturated rings. The molecule has 1 unspecified atom stereocenters. The molecule has 0 spiro atoms. The summed E-state index contributed by atoms with van der Waals surface area (Å²) in [7, 11) is 0. The number of anilines is 1. The van der Waals surface area contributed by atoms with E-state index in [1.807, 2.05) is 23.1 Å². The van der Waals surface area contributed by atoms with Crippen molar-refractivity contribution < 1.29 is 33.1 Å². The van der Waals surface area contributed by atoms with Crippen molar-refractivity contribution in [1.29, 1.82) is 5.26 Å². The Morgan fingerprint density at radius 1 is 0.903 bits per heavy atom. The Morgan fingerprint density at radius 2 is 1.65 bits per heavy atom. The van der Waals surface area contributed by atoms with Crippen LogP contribution in [0.15, 0.2) is 91.6 Å². The molecule has 5 amide bonds. The van der Waals surface area contributed by atoms with E-state index in [2.05, 4.69) is 56.0 Å². The number of amides is 5. The minimum atomic E-state index is -1.17. The fraction of sp³-hybridized carbons (Fsp3) is 0.255. The second-order valence-corrected chi connectivity index (χ2v) is 17.4. The van der Waals surface area contributed by atoms with Crippen LogP contribution in [-0.4, -0.2) is 67.3 Å². The van der Waals surface area contributed by atoms with Gasteiger partial charge in [-0.05, 0) is 66.6 Å². The lowest BCUT2D eigenvalue weighted by molar-refractivity contribution is -0.199. The number of nitrogens with one attached hydrogen (secondary N) is 1. The van der Waals surface area contributed by atoms with Gasteiger partial charge in [-0.25, -0.2) is 9.07 Å². The van der Waals surface area contributed by atoms with Gasteiger partial charge in [-0.3, -0.25) is 34.2 Å².